The highest BCUT2D eigenvalue weighted by Gasteiger charge is 1.94. The highest BCUT2D eigenvalue weighted by atomic mass is 32.1. The molecule has 0 spiro atoms. The Balaban J connectivity index is 0. The highest BCUT2D eigenvalue weighted by molar-refractivity contribution is 7.80. The molecule has 0 rings (SSSR count). The van der Waals surface area contributed by atoms with E-state index in [1.807, 2.05) is 0 Å². The number of hydrogen-bond acceptors (Lipinski definition) is 4. The quantitative estimate of drug-likeness (QED) is 0.149. The third-order valence-corrected chi connectivity index (χ3v) is 4.50. The van der Waals surface area contributed by atoms with Crippen molar-refractivity contribution in [2.75, 3.05) is 13.1 Å². The molecule has 0 aliphatic heterocycles. The SMILES string of the molecule is NC(=S)CCCCCCCNC(N)=S.NC(=S)CCCCCCCNC(N)=S. The summed E-state index contributed by atoms with van der Waals surface area (Å²) in [5, 5.41) is 6.62. The molecule has 0 aromatic rings. The van der Waals surface area contributed by atoms with Gasteiger partial charge in [-0.15, -0.1) is 0 Å². The molecular weight excluding hydrogens is 429 g/mol. The summed E-state index contributed by atoms with van der Waals surface area (Å²) in [5.74, 6) is 0. The molecule has 164 valence electrons. The van der Waals surface area contributed by atoms with Crippen molar-refractivity contribution in [2.24, 2.45) is 22.9 Å². The molecule has 0 fully saturated rings. The first-order valence-electron chi connectivity index (χ1n) is 9.89. The van der Waals surface area contributed by atoms with E-state index in [4.69, 9.17) is 47.4 Å². The molecule has 6 nitrogen and oxygen atoms in total. The third kappa shape index (κ3) is 32.8. The molecule has 0 amide bonds. The van der Waals surface area contributed by atoms with Gasteiger partial charge in [-0.05, 0) is 63.0 Å². The lowest BCUT2D eigenvalue weighted by atomic mass is 10.1. The van der Waals surface area contributed by atoms with Crippen LogP contribution in [0.2, 0.25) is 0 Å². The van der Waals surface area contributed by atoms with E-state index in [0.29, 0.717) is 20.2 Å². The van der Waals surface area contributed by atoms with Crippen molar-refractivity contribution in [1.82, 2.24) is 10.6 Å². The molecule has 0 atom stereocenters. The van der Waals surface area contributed by atoms with Crippen LogP contribution >= 0.6 is 48.9 Å². The van der Waals surface area contributed by atoms with Gasteiger partial charge in [-0.3, -0.25) is 0 Å². The molecular formula is C18H38N6S4. The maximum absolute atomic E-state index is 5.38. The lowest BCUT2D eigenvalue weighted by molar-refractivity contribution is 0.616. The van der Waals surface area contributed by atoms with Crippen LogP contribution in [0.4, 0.5) is 0 Å². The largest absolute Gasteiger partial charge is 0.393 e. The van der Waals surface area contributed by atoms with Crippen molar-refractivity contribution in [3.63, 3.8) is 0 Å². The van der Waals surface area contributed by atoms with Crippen molar-refractivity contribution in [3.8, 4) is 0 Å². The van der Waals surface area contributed by atoms with Gasteiger partial charge >= 0.3 is 0 Å². The zero-order chi connectivity index (χ0) is 21.6. The minimum Gasteiger partial charge on any atom is -0.393 e. The van der Waals surface area contributed by atoms with Gasteiger partial charge in [-0.2, -0.15) is 0 Å². The number of nitrogens with one attached hydrogen (secondary N) is 2. The summed E-state index contributed by atoms with van der Waals surface area (Å²) in [7, 11) is 0. The summed E-state index contributed by atoms with van der Waals surface area (Å²) >= 11 is 18.9. The zero-order valence-electron chi connectivity index (χ0n) is 16.8. The Hall–Kier alpha value is -0.840. The summed E-state index contributed by atoms with van der Waals surface area (Å²) < 4.78 is 0. The second-order valence-electron chi connectivity index (χ2n) is 6.55. The number of thiocarbonyl (C=S) groups is 4. The van der Waals surface area contributed by atoms with Crippen molar-refractivity contribution in [2.45, 2.75) is 77.0 Å². The summed E-state index contributed by atoms with van der Waals surface area (Å²) in [5.41, 5.74) is 21.3. The van der Waals surface area contributed by atoms with Crippen LogP contribution in [0.5, 0.6) is 0 Å². The fourth-order valence-corrected chi connectivity index (χ4v) is 2.83. The zero-order valence-corrected chi connectivity index (χ0v) is 20.1. The maximum Gasteiger partial charge on any atom is 0.163 e. The molecule has 0 aliphatic rings. The fraction of sp³-hybridized carbons (Fsp3) is 0.778. The molecule has 0 bridgehead atoms. The second-order valence-corrected chi connectivity index (χ2v) is 8.48. The first-order valence-corrected chi connectivity index (χ1v) is 11.5. The van der Waals surface area contributed by atoms with Gasteiger partial charge in [0.2, 0.25) is 0 Å². The Morgan fingerprint density at radius 1 is 0.464 bits per heavy atom. The van der Waals surface area contributed by atoms with E-state index in [1.165, 1.54) is 38.5 Å². The van der Waals surface area contributed by atoms with Crippen molar-refractivity contribution >= 4 is 69.1 Å². The van der Waals surface area contributed by atoms with Gasteiger partial charge in [-0.25, -0.2) is 0 Å². The van der Waals surface area contributed by atoms with E-state index < -0.39 is 0 Å². The van der Waals surface area contributed by atoms with E-state index in [2.05, 4.69) is 35.1 Å². The molecule has 28 heavy (non-hydrogen) atoms. The van der Waals surface area contributed by atoms with Gasteiger partial charge in [-0.1, -0.05) is 63.0 Å². The average molecular weight is 467 g/mol. The van der Waals surface area contributed by atoms with Crippen LogP contribution in [0.1, 0.15) is 77.0 Å². The molecule has 0 aromatic heterocycles. The molecule has 10 N–H and O–H groups in total. The Kier molecular flexibility index (Phi) is 23.5. The third-order valence-electron chi connectivity index (χ3n) is 3.80. The van der Waals surface area contributed by atoms with Gasteiger partial charge in [0, 0.05) is 13.1 Å². The molecule has 10 heteroatoms. The van der Waals surface area contributed by atoms with Crippen LogP contribution in [-0.2, 0) is 0 Å². The molecule has 0 aliphatic carbocycles. The van der Waals surface area contributed by atoms with E-state index >= 15 is 0 Å². The van der Waals surface area contributed by atoms with Crippen LogP contribution in [0.15, 0.2) is 0 Å². The van der Waals surface area contributed by atoms with Crippen molar-refractivity contribution < 1.29 is 0 Å². The van der Waals surface area contributed by atoms with Crippen molar-refractivity contribution in [1.29, 1.82) is 0 Å². The van der Waals surface area contributed by atoms with Gasteiger partial charge in [0.1, 0.15) is 0 Å². The predicted molar refractivity (Wildman–Crippen MR) is 139 cm³/mol. The van der Waals surface area contributed by atoms with E-state index in [0.717, 1.165) is 51.6 Å². The minimum absolute atomic E-state index is 0.387. The maximum atomic E-state index is 5.38. The topological polar surface area (TPSA) is 128 Å². The van der Waals surface area contributed by atoms with Crippen LogP contribution in [-0.4, -0.2) is 33.3 Å². The smallest absolute Gasteiger partial charge is 0.163 e. The Labute approximate surface area is 192 Å². The first kappa shape index (κ1) is 29.4. The van der Waals surface area contributed by atoms with Crippen LogP contribution in [0.3, 0.4) is 0 Å². The Morgan fingerprint density at radius 2 is 0.750 bits per heavy atom. The number of unbranched alkanes of at least 4 members (excludes halogenated alkanes) is 8. The second kappa shape index (κ2) is 22.4. The summed E-state index contributed by atoms with van der Waals surface area (Å²) in [6.07, 6.45) is 13.4. The highest BCUT2D eigenvalue weighted by Crippen LogP contribution is 2.05. The Morgan fingerprint density at radius 3 is 1.04 bits per heavy atom. The molecule has 0 heterocycles. The minimum atomic E-state index is 0.387. The molecule has 0 aromatic carbocycles. The number of rotatable bonds is 16. The monoisotopic (exact) mass is 466 g/mol. The molecule has 0 saturated carbocycles. The predicted octanol–water partition coefficient (Wildman–Crippen LogP) is 2.89. The van der Waals surface area contributed by atoms with Crippen LogP contribution < -0.4 is 33.6 Å². The lowest BCUT2D eigenvalue weighted by Crippen LogP contribution is -2.29. The van der Waals surface area contributed by atoms with Gasteiger partial charge < -0.3 is 33.6 Å². The van der Waals surface area contributed by atoms with Gasteiger partial charge in [0.05, 0.1) is 9.98 Å². The number of nitrogens with two attached hydrogens (primary N) is 4. The van der Waals surface area contributed by atoms with Gasteiger partial charge in [0.15, 0.2) is 10.2 Å². The number of hydrogen-bond donors (Lipinski definition) is 6. The lowest BCUT2D eigenvalue weighted by Gasteiger charge is -2.03. The fourth-order valence-electron chi connectivity index (χ4n) is 2.33. The van der Waals surface area contributed by atoms with Crippen LogP contribution in [0, 0.1) is 0 Å². The average Bonchev–Trinajstić information content (AvgIpc) is 2.59. The van der Waals surface area contributed by atoms with E-state index in [9.17, 15) is 0 Å². The summed E-state index contributed by atoms with van der Waals surface area (Å²) in [6, 6.07) is 0. The molecule has 0 radical (unpaired) electrons. The normalized spacial score (nSPS) is 9.71. The summed E-state index contributed by atoms with van der Waals surface area (Å²) in [6.45, 7) is 1.76. The van der Waals surface area contributed by atoms with Gasteiger partial charge in [0.25, 0.3) is 0 Å². The molecule has 0 saturated heterocycles. The van der Waals surface area contributed by atoms with Crippen LogP contribution in [0.25, 0.3) is 0 Å². The Bertz CT molecular complexity index is 366. The summed E-state index contributed by atoms with van der Waals surface area (Å²) in [4.78, 5) is 1.25. The van der Waals surface area contributed by atoms with E-state index in [-0.39, 0.29) is 0 Å². The standard InChI is InChI=1S/2C9H19N3S2/c2*10-8(13)6-4-2-1-3-5-7-12-9(11)14/h2*1-7H2,(H2,10,13)(H3,11,12,14). The van der Waals surface area contributed by atoms with E-state index in [1.54, 1.807) is 0 Å². The van der Waals surface area contributed by atoms with Crippen molar-refractivity contribution in [3.05, 3.63) is 0 Å². The molecule has 0 unspecified atom stereocenters. The first-order chi connectivity index (χ1) is 13.3.